The van der Waals surface area contributed by atoms with Crippen LogP contribution in [-0.2, 0) is 0 Å². The summed E-state index contributed by atoms with van der Waals surface area (Å²) in [6.07, 6.45) is 0. The van der Waals surface area contributed by atoms with Crippen molar-refractivity contribution in [3.05, 3.63) is 64.4 Å². The Labute approximate surface area is 127 Å². The molecular formula is C17H15N3O2. The SMILES string of the molecule is CN(C)C(=O)c1ccccc1-c1nc2ccccc2c(=O)[nH]1. The second-order valence-corrected chi connectivity index (χ2v) is 5.18. The molecule has 0 radical (unpaired) electrons. The molecule has 0 spiro atoms. The number of hydrogen-bond acceptors (Lipinski definition) is 3. The van der Waals surface area contributed by atoms with E-state index in [1.54, 1.807) is 50.5 Å². The first kappa shape index (κ1) is 14.0. The van der Waals surface area contributed by atoms with Crippen LogP contribution < -0.4 is 5.56 Å². The molecule has 1 heterocycles. The van der Waals surface area contributed by atoms with E-state index in [2.05, 4.69) is 9.97 Å². The van der Waals surface area contributed by atoms with E-state index in [0.29, 0.717) is 27.9 Å². The Morgan fingerprint density at radius 2 is 1.73 bits per heavy atom. The van der Waals surface area contributed by atoms with Crippen LogP contribution in [0.5, 0.6) is 0 Å². The van der Waals surface area contributed by atoms with E-state index in [1.165, 1.54) is 4.90 Å². The Bertz CT molecular complexity index is 913. The predicted octanol–water partition coefficient (Wildman–Crippen LogP) is 2.29. The van der Waals surface area contributed by atoms with Crippen molar-refractivity contribution in [2.45, 2.75) is 0 Å². The summed E-state index contributed by atoms with van der Waals surface area (Å²) in [5, 5.41) is 0.530. The van der Waals surface area contributed by atoms with Gasteiger partial charge in [0.15, 0.2) is 0 Å². The summed E-state index contributed by atoms with van der Waals surface area (Å²) >= 11 is 0. The van der Waals surface area contributed by atoms with Gasteiger partial charge in [-0.1, -0.05) is 30.3 Å². The monoisotopic (exact) mass is 293 g/mol. The lowest BCUT2D eigenvalue weighted by atomic mass is 10.1. The van der Waals surface area contributed by atoms with Crippen molar-refractivity contribution in [1.29, 1.82) is 0 Å². The van der Waals surface area contributed by atoms with Gasteiger partial charge >= 0.3 is 0 Å². The molecule has 1 amide bonds. The molecule has 1 N–H and O–H groups in total. The van der Waals surface area contributed by atoms with Gasteiger partial charge in [0.2, 0.25) is 0 Å². The van der Waals surface area contributed by atoms with Crippen molar-refractivity contribution in [2.75, 3.05) is 14.1 Å². The van der Waals surface area contributed by atoms with Gasteiger partial charge in [0.05, 0.1) is 16.5 Å². The van der Waals surface area contributed by atoms with E-state index < -0.39 is 0 Å². The fourth-order valence-electron chi connectivity index (χ4n) is 2.33. The van der Waals surface area contributed by atoms with Crippen molar-refractivity contribution in [2.24, 2.45) is 0 Å². The highest BCUT2D eigenvalue weighted by atomic mass is 16.2. The van der Waals surface area contributed by atoms with Gasteiger partial charge in [-0.2, -0.15) is 0 Å². The average molecular weight is 293 g/mol. The predicted molar refractivity (Wildman–Crippen MR) is 85.8 cm³/mol. The minimum Gasteiger partial charge on any atom is -0.345 e. The van der Waals surface area contributed by atoms with E-state index >= 15 is 0 Å². The van der Waals surface area contributed by atoms with Gasteiger partial charge in [-0.3, -0.25) is 9.59 Å². The zero-order valence-corrected chi connectivity index (χ0v) is 12.3. The van der Waals surface area contributed by atoms with E-state index in [4.69, 9.17) is 0 Å². The standard InChI is InChI=1S/C17H15N3O2/c1-20(2)17(22)12-8-4-3-7-11(12)15-18-14-10-6-5-9-13(14)16(21)19-15/h3-10H,1-2H3,(H,18,19,21). The van der Waals surface area contributed by atoms with E-state index in [9.17, 15) is 9.59 Å². The number of nitrogens with one attached hydrogen (secondary N) is 1. The van der Waals surface area contributed by atoms with E-state index in [1.807, 2.05) is 12.1 Å². The zero-order valence-electron chi connectivity index (χ0n) is 12.3. The van der Waals surface area contributed by atoms with Crippen LogP contribution in [0.15, 0.2) is 53.3 Å². The van der Waals surface area contributed by atoms with Crippen LogP contribution in [0.2, 0.25) is 0 Å². The lowest BCUT2D eigenvalue weighted by Gasteiger charge is -2.13. The summed E-state index contributed by atoms with van der Waals surface area (Å²) in [5.41, 5.74) is 1.51. The first-order valence-corrected chi connectivity index (χ1v) is 6.88. The molecule has 2 aromatic carbocycles. The van der Waals surface area contributed by atoms with Gasteiger partial charge in [0, 0.05) is 19.7 Å². The summed E-state index contributed by atoms with van der Waals surface area (Å²) in [4.78, 5) is 33.2. The van der Waals surface area contributed by atoms with E-state index in [0.717, 1.165) is 0 Å². The molecule has 0 aliphatic heterocycles. The summed E-state index contributed by atoms with van der Waals surface area (Å²) < 4.78 is 0. The highest BCUT2D eigenvalue weighted by Gasteiger charge is 2.16. The highest BCUT2D eigenvalue weighted by molar-refractivity contribution is 6.00. The number of nitrogens with zero attached hydrogens (tertiary/aromatic N) is 2. The first-order valence-electron chi connectivity index (χ1n) is 6.88. The molecule has 0 unspecified atom stereocenters. The van der Waals surface area contributed by atoms with Gasteiger partial charge in [-0.15, -0.1) is 0 Å². The molecule has 5 nitrogen and oxygen atoms in total. The van der Waals surface area contributed by atoms with Gasteiger partial charge < -0.3 is 9.88 Å². The van der Waals surface area contributed by atoms with Crippen molar-refractivity contribution < 1.29 is 4.79 Å². The van der Waals surface area contributed by atoms with Crippen molar-refractivity contribution in [3.63, 3.8) is 0 Å². The van der Waals surface area contributed by atoms with Gasteiger partial charge in [-0.05, 0) is 18.2 Å². The van der Waals surface area contributed by atoms with Gasteiger partial charge in [-0.25, -0.2) is 4.98 Å². The number of hydrogen-bond donors (Lipinski definition) is 1. The maximum Gasteiger partial charge on any atom is 0.259 e. The number of H-pyrrole nitrogens is 1. The van der Waals surface area contributed by atoms with Crippen LogP contribution in [0, 0.1) is 0 Å². The number of aromatic amines is 1. The van der Waals surface area contributed by atoms with Crippen LogP contribution in [0.1, 0.15) is 10.4 Å². The number of benzene rings is 2. The summed E-state index contributed by atoms with van der Waals surface area (Å²) in [7, 11) is 3.38. The Hall–Kier alpha value is -2.95. The molecule has 0 saturated heterocycles. The minimum absolute atomic E-state index is 0.133. The smallest absolute Gasteiger partial charge is 0.259 e. The normalized spacial score (nSPS) is 10.6. The molecule has 0 aliphatic rings. The number of para-hydroxylation sites is 1. The number of rotatable bonds is 2. The van der Waals surface area contributed by atoms with Gasteiger partial charge in [0.1, 0.15) is 5.82 Å². The third-order valence-electron chi connectivity index (χ3n) is 3.43. The lowest BCUT2D eigenvalue weighted by Crippen LogP contribution is -2.22. The van der Waals surface area contributed by atoms with Gasteiger partial charge in [0.25, 0.3) is 11.5 Å². The fourth-order valence-corrected chi connectivity index (χ4v) is 2.33. The molecule has 0 aliphatic carbocycles. The van der Waals surface area contributed by atoms with Crippen molar-refractivity contribution in [1.82, 2.24) is 14.9 Å². The molecule has 0 saturated carbocycles. The molecule has 22 heavy (non-hydrogen) atoms. The molecule has 3 rings (SSSR count). The van der Waals surface area contributed by atoms with Crippen LogP contribution in [0.25, 0.3) is 22.3 Å². The Kier molecular flexibility index (Phi) is 3.47. The third-order valence-corrected chi connectivity index (χ3v) is 3.43. The fraction of sp³-hybridized carbons (Fsp3) is 0.118. The Balaban J connectivity index is 2.25. The Morgan fingerprint density at radius 1 is 1.05 bits per heavy atom. The molecule has 110 valence electrons. The molecule has 0 atom stereocenters. The maximum absolute atomic E-state index is 12.3. The van der Waals surface area contributed by atoms with Crippen LogP contribution in [0.4, 0.5) is 0 Å². The number of fused-ring (bicyclic) bond motifs is 1. The summed E-state index contributed by atoms with van der Waals surface area (Å²) in [6.45, 7) is 0. The summed E-state index contributed by atoms with van der Waals surface area (Å²) in [5.74, 6) is 0.265. The second kappa shape index (κ2) is 5.44. The highest BCUT2D eigenvalue weighted by Crippen LogP contribution is 2.21. The zero-order chi connectivity index (χ0) is 15.7. The first-order chi connectivity index (χ1) is 10.6. The molecule has 0 bridgehead atoms. The Morgan fingerprint density at radius 3 is 2.50 bits per heavy atom. The average Bonchev–Trinajstić information content (AvgIpc) is 2.54. The van der Waals surface area contributed by atoms with Crippen LogP contribution in [-0.4, -0.2) is 34.9 Å². The number of carbonyl (C=O) groups excluding carboxylic acids is 1. The topological polar surface area (TPSA) is 66.1 Å². The number of amides is 1. The minimum atomic E-state index is -0.215. The second-order valence-electron chi connectivity index (χ2n) is 5.18. The van der Waals surface area contributed by atoms with E-state index in [-0.39, 0.29) is 11.5 Å². The molecule has 0 fully saturated rings. The molecule has 1 aromatic heterocycles. The van der Waals surface area contributed by atoms with Crippen molar-refractivity contribution >= 4 is 16.8 Å². The van der Waals surface area contributed by atoms with Crippen LogP contribution in [0.3, 0.4) is 0 Å². The van der Waals surface area contributed by atoms with Crippen LogP contribution >= 0.6 is 0 Å². The largest absolute Gasteiger partial charge is 0.345 e. The molecular weight excluding hydrogens is 278 g/mol. The lowest BCUT2D eigenvalue weighted by molar-refractivity contribution is 0.0828. The molecule has 5 heteroatoms. The van der Waals surface area contributed by atoms with Crippen molar-refractivity contribution in [3.8, 4) is 11.4 Å². The maximum atomic E-state index is 12.3. The number of carbonyl (C=O) groups is 1. The summed E-state index contributed by atoms with van der Waals surface area (Å²) in [6, 6.07) is 14.2. The quantitative estimate of drug-likeness (QED) is 0.788. The third kappa shape index (κ3) is 2.37. The number of aromatic nitrogens is 2. The molecule has 3 aromatic rings.